The van der Waals surface area contributed by atoms with Crippen molar-refractivity contribution in [3.8, 4) is 11.5 Å². The van der Waals surface area contributed by atoms with Gasteiger partial charge in [-0.15, -0.1) is 0 Å². The number of carbonyl (C=O) groups is 2. The van der Waals surface area contributed by atoms with E-state index >= 15 is 0 Å². The molecule has 0 saturated carbocycles. The number of anilines is 1. The summed E-state index contributed by atoms with van der Waals surface area (Å²) in [6, 6.07) is 12.0. The first-order chi connectivity index (χ1) is 14.1. The van der Waals surface area contributed by atoms with Crippen molar-refractivity contribution >= 4 is 23.6 Å². The van der Waals surface area contributed by atoms with Gasteiger partial charge >= 0.3 is 5.97 Å². The second kappa shape index (κ2) is 9.59. The molecule has 6 heteroatoms. The summed E-state index contributed by atoms with van der Waals surface area (Å²) < 4.78 is 16.0. The largest absolute Gasteiger partial charge is 0.497 e. The average molecular weight is 393 g/mol. The van der Waals surface area contributed by atoms with Crippen LogP contribution in [0, 0.1) is 0 Å². The molecular formula is C23H23NO5. The van der Waals surface area contributed by atoms with Crippen molar-refractivity contribution < 1.29 is 23.8 Å². The lowest BCUT2D eigenvalue weighted by Crippen LogP contribution is -2.14. The molecule has 1 heterocycles. The fourth-order valence-electron chi connectivity index (χ4n) is 2.73. The zero-order valence-electron chi connectivity index (χ0n) is 16.4. The van der Waals surface area contributed by atoms with Gasteiger partial charge in [0.15, 0.2) is 0 Å². The van der Waals surface area contributed by atoms with Gasteiger partial charge in [0.05, 0.1) is 25.5 Å². The topological polar surface area (TPSA) is 73.9 Å². The Kier molecular flexibility index (Phi) is 6.68. The van der Waals surface area contributed by atoms with Crippen LogP contribution in [-0.4, -0.2) is 25.6 Å². The zero-order valence-corrected chi connectivity index (χ0v) is 16.4. The van der Waals surface area contributed by atoms with Crippen molar-refractivity contribution in [3.63, 3.8) is 0 Å². The van der Waals surface area contributed by atoms with Crippen molar-refractivity contribution in [3.05, 3.63) is 71.5 Å². The van der Waals surface area contributed by atoms with Gasteiger partial charge in [0.25, 0.3) is 5.91 Å². The molecule has 2 aromatic carbocycles. The van der Waals surface area contributed by atoms with Crippen LogP contribution in [0.5, 0.6) is 11.5 Å². The Morgan fingerprint density at radius 2 is 2.00 bits per heavy atom. The highest BCUT2D eigenvalue weighted by Gasteiger charge is 2.14. The standard InChI is InChI=1S/C23H23NO5/c1-3-4-11-29-23(26)17-6-5-7-19(14-17)24-22(25)16-10-12-28-21-9-8-20(27-2)15-18(21)13-16/h5-10,12-15H,3-4,11H2,1-2H3,(H,24,25). The van der Waals surface area contributed by atoms with E-state index in [9.17, 15) is 9.59 Å². The Morgan fingerprint density at radius 1 is 1.14 bits per heavy atom. The molecule has 0 atom stereocenters. The smallest absolute Gasteiger partial charge is 0.338 e. The number of rotatable bonds is 7. The van der Waals surface area contributed by atoms with Gasteiger partial charge in [-0.2, -0.15) is 0 Å². The summed E-state index contributed by atoms with van der Waals surface area (Å²) in [5, 5.41) is 2.81. The Morgan fingerprint density at radius 3 is 2.79 bits per heavy atom. The first kappa shape index (κ1) is 20.2. The number of amides is 1. The van der Waals surface area contributed by atoms with E-state index in [1.165, 1.54) is 6.26 Å². The van der Waals surface area contributed by atoms with Gasteiger partial charge in [-0.25, -0.2) is 4.79 Å². The number of unbranched alkanes of at least 4 members (excludes halogenated alkanes) is 1. The summed E-state index contributed by atoms with van der Waals surface area (Å²) in [6.07, 6.45) is 6.54. The molecule has 0 saturated heterocycles. The third kappa shape index (κ3) is 5.25. The molecule has 0 aromatic heterocycles. The van der Waals surface area contributed by atoms with Gasteiger partial charge < -0.3 is 19.5 Å². The maximum absolute atomic E-state index is 12.7. The molecule has 1 aliphatic rings. The molecular weight excluding hydrogens is 370 g/mol. The predicted molar refractivity (Wildman–Crippen MR) is 111 cm³/mol. The number of carbonyl (C=O) groups excluding carboxylic acids is 2. The van der Waals surface area contributed by atoms with E-state index in [2.05, 4.69) is 5.32 Å². The van der Waals surface area contributed by atoms with E-state index in [0.29, 0.717) is 34.9 Å². The molecule has 6 nitrogen and oxygen atoms in total. The normalized spacial score (nSPS) is 12.1. The van der Waals surface area contributed by atoms with Crippen molar-refractivity contribution in [1.82, 2.24) is 0 Å². The van der Waals surface area contributed by atoms with Crippen LogP contribution in [0.15, 0.2) is 60.4 Å². The molecule has 150 valence electrons. The van der Waals surface area contributed by atoms with E-state index < -0.39 is 5.97 Å². The summed E-state index contributed by atoms with van der Waals surface area (Å²) in [4.78, 5) is 24.9. The molecule has 0 unspecified atom stereocenters. The van der Waals surface area contributed by atoms with E-state index in [1.54, 1.807) is 61.7 Å². The minimum Gasteiger partial charge on any atom is -0.497 e. The molecule has 29 heavy (non-hydrogen) atoms. The van der Waals surface area contributed by atoms with Crippen molar-refractivity contribution in [1.29, 1.82) is 0 Å². The Bertz CT molecular complexity index is 961. The van der Waals surface area contributed by atoms with E-state index in [0.717, 1.165) is 18.4 Å². The van der Waals surface area contributed by atoms with E-state index in [4.69, 9.17) is 14.2 Å². The monoisotopic (exact) mass is 393 g/mol. The Hall–Kier alpha value is -3.54. The molecule has 0 radical (unpaired) electrons. The Labute approximate surface area is 169 Å². The second-order valence-corrected chi connectivity index (χ2v) is 6.45. The van der Waals surface area contributed by atoms with Crippen LogP contribution in [0.1, 0.15) is 35.7 Å². The van der Waals surface area contributed by atoms with Gasteiger partial charge in [0, 0.05) is 16.8 Å². The maximum atomic E-state index is 12.7. The van der Waals surface area contributed by atoms with Crippen LogP contribution >= 0.6 is 0 Å². The van der Waals surface area contributed by atoms with Crippen LogP contribution in [0.25, 0.3) is 6.08 Å². The third-order valence-corrected chi connectivity index (χ3v) is 4.32. The number of ether oxygens (including phenoxy) is 3. The van der Waals surface area contributed by atoms with Gasteiger partial charge in [-0.1, -0.05) is 19.4 Å². The van der Waals surface area contributed by atoms with Crippen LogP contribution in [0.2, 0.25) is 0 Å². The molecule has 1 amide bonds. The molecule has 0 aliphatic carbocycles. The summed E-state index contributed by atoms with van der Waals surface area (Å²) in [5.74, 6) is 0.566. The first-order valence-corrected chi connectivity index (χ1v) is 9.42. The number of benzene rings is 2. The van der Waals surface area contributed by atoms with Crippen LogP contribution in [0.3, 0.4) is 0 Å². The van der Waals surface area contributed by atoms with Gasteiger partial charge in [-0.3, -0.25) is 4.79 Å². The Balaban J connectivity index is 1.75. The van der Waals surface area contributed by atoms with Crippen LogP contribution < -0.4 is 14.8 Å². The fraction of sp³-hybridized carbons (Fsp3) is 0.217. The highest BCUT2D eigenvalue weighted by atomic mass is 16.5. The average Bonchev–Trinajstić information content (AvgIpc) is 2.96. The zero-order chi connectivity index (χ0) is 20.6. The van der Waals surface area contributed by atoms with Crippen molar-refractivity contribution in [2.75, 3.05) is 19.0 Å². The first-order valence-electron chi connectivity index (χ1n) is 9.42. The van der Waals surface area contributed by atoms with Gasteiger partial charge in [0.2, 0.25) is 0 Å². The number of hydrogen-bond donors (Lipinski definition) is 1. The van der Waals surface area contributed by atoms with Crippen molar-refractivity contribution in [2.24, 2.45) is 0 Å². The quantitative estimate of drug-likeness (QED) is 0.551. The summed E-state index contributed by atoms with van der Waals surface area (Å²) in [7, 11) is 1.58. The summed E-state index contributed by atoms with van der Waals surface area (Å²) in [6.45, 7) is 2.41. The molecule has 0 bridgehead atoms. The van der Waals surface area contributed by atoms with E-state index in [1.807, 2.05) is 6.92 Å². The number of fused-ring (bicyclic) bond motifs is 1. The predicted octanol–water partition coefficient (Wildman–Crippen LogP) is 4.58. The van der Waals surface area contributed by atoms with Crippen LogP contribution in [-0.2, 0) is 9.53 Å². The molecule has 1 aliphatic heterocycles. The van der Waals surface area contributed by atoms with Gasteiger partial charge in [0.1, 0.15) is 11.5 Å². The highest BCUT2D eigenvalue weighted by molar-refractivity contribution is 6.09. The summed E-state index contributed by atoms with van der Waals surface area (Å²) >= 11 is 0. The third-order valence-electron chi connectivity index (χ3n) is 4.32. The van der Waals surface area contributed by atoms with E-state index in [-0.39, 0.29) is 5.91 Å². The lowest BCUT2D eigenvalue weighted by Gasteiger charge is -2.08. The molecule has 3 rings (SSSR count). The molecule has 2 aromatic rings. The molecule has 1 N–H and O–H groups in total. The number of methoxy groups -OCH3 is 1. The highest BCUT2D eigenvalue weighted by Crippen LogP contribution is 2.29. The maximum Gasteiger partial charge on any atom is 0.338 e. The van der Waals surface area contributed by atoms with Crippen molar-refractivity contribution in [2.45, 2.75) is 19.8 Å². The summed E-state index contributed by atoms with van der Waals surface area (Å²) in [5.41, 5.74) is 2.04. The lowest BCUT2D eigenvalue weighted by molar-refractivity contribution is -0.112. The minimum absolute atomic E-state index is 0.322. The second-order valence-electron chi connectivity index (χ2n) is 6.45. The molecule has 0 spiro atoms. The number of nitrogens with one attached hydrogen (secondary N) is 1. The van der Waals surface area contributed by atoms with Gasteiger partial charge in [-0.05, 0) is 55.0 Å². The van der Waals surface area contributed by atoms with Crippen LogP contribution in [0.4, 0.5) is 5.69 Å². The molecule has 0 fully saturated rings. The fourth-order valence-corrected chi connectivity index (χ4v) is 2.73. The SMILES string of the molecule is CCCCOC(=O)c1cccc(NC(=O)C2=Cc3cc(OC)ccc3OC=C2)c1. The minimum atomic E-state index is -0.405. The number of hydrogen-bond acceptors (Lipinski definition) is 5. The number of esters is 1. The lowest BCUT2D eigenvalue weighted by atomic mass is 10.1.